The molecule has 0 aromatic heterocycles. The van der Waals surface area contributed by atoms with E-state index in [4.69, 9.17) is 18.9 Å². The average Bonchev–Trinajstić information content (AvgIpc) is 2.46. The van der Waals surface area contributed by atoms with Crippen molar-refractivity contribution in [1.29, 1.82) is 0 Å². The summed E-state index contributed by atoms with van der Waals surface area (Å²) in [6.07, 6.45) is -10.4. The Morgan fingerprint density at radius 1 is 1.05 bits per heavy atom. The molecule has 0 saturated carbocycles. The van der Waals surface area contributed by atoms with Gasteiger partial charge in [0.15, 0.2) is 18.7 Å². The highest BCUT2D eigenvalue weighted by Crippen LogP contribution is 2.40. The van der Waals surface area contributed by atoms with Crippen molar-refractivity contribution in [2.24, 2.45) is 0 Å². The van der Waals surface area contributed by atoms with Gasteiger partial charge in [0.2, 0.25) is 0 Å². The summed E-state index contributed by atoms with van der Waals surface area (Å²) in [4.78, 5) is 0. The van der Waals surface area contributed by atoms with Crippen molar-refractivity contribution in [3.05, 3.63) is 35.9 Å². The molecule has 0 radical (unpaired) electrons. The van der Waals surface area contributed by atoms with Crippen LogP contribution < -0.4 is 0 Å². The van der Waals surface area contributed by atoms with Crippen LogP contribution in [-0.4, -0.2) is 37.4 Å². The van der Waals surface area contributed by atoms with Crippen molar-refractivity contribution in [1.82, 2.24) is 0 Å². The second-order valence-corrected chi connectivity index (χ2v) is 5.02. The molecule has 21 heavy (non-hydrogen) atoms. The first-order chi connectivity index (χ1) is 9.95. The smallest absolute Gasteiger partial charge is 0.350 e. The van der Waals surface area contributed by atoms with Crippen LogP contribution in [0.2, 0.25) is 0 Å². The Kier molecular flexibility index (Phi) is 3.92. The third-order valence-electron chi connectivity index (χ3n) is 3.47. The van der Waals surface area contributed by atoms with E-state index in [1.807, 2.05) is 0 Å². The van der Waals surface area contributed by atoms with Crippen LogP contribution in [0.25, 0.3) is 0 Å². The van der Waals surface area contributed by atoms with E-state index in [1.54, 1.807) is 37.3 Å². The van der Waals surface area contributed by atoms with Gasteiger partial charge in [-0.15, -0.1) is 0 Å². The quantitative estimate of drug-likeness (QED) is 0.799. The number of ether oxygens (including phenoxy) is 4. The van der Waals surface area contributed by atoms with Crippen LogP contribution in [-0.2, 0) is 18.9 Å². The van der Waals surface area contributed by atoms with E-state index in [1.165, 1.54) is 0 Å². The number of benzene rings is 1. The summed E-state index contributed by atoms with van der Waals surface area (Å²) >= 11 is 0. The normalized spacial score (nSPS) is 37.0. The molecule has 0 amide bonds. The molecule has 7 heteroatoms. The van der Waals surface area contributed by atoms with Crippen molar-refractivity contribution in [2.45, 2.75) is 44.0 Å². The Morgan fingerprint density at radius 2 is 1.76 bits per heavy atom. The molecule has 1 aromatic carbocycles. The number of alkyl halides is 3. The Hall–Kier alpha value is -1.15. The largest absolute Gasteiger partial charge is 0.417 e. The van der Waals surface area contributed by atoms with E-state index >= 15 is 0 Å². The second kappa shape index (κ2) is 5.57. The topological polar surface area (TPSA) is 36.9 Å². The van der Waals surface area contributed by atoms with Crippen LogP contribution in [0.5, 0.6) is 0 Å². The first-order valence-electron chi connectivity index (χ1n) is 6.65. The monoisotopic (exact) mass is 304 g/mol. The summed E-state index contributed by atoms with van der Waals surface area (Å²) in [5.74, 6) is 0. The lowest BCUT2D eigenvalue weighted by atomic mass is 10.0. The third kappa shape index (κ3) is 3.06. The van der Waals surface area contributed by atoms with E-state index in [2.05, 4.69) is 0 Å². The standard InChI is InChI=1S/C14H15F3O4/c1-8-18-7-10-11(19-8)12(14(15,16)17)21-13(20-10)9-5-3-2-4-6-9/h2-6,8,10-13H,7H2,1H3/t8-,10-,11-,12-,13?/m1/s1. The number of fused-ring (bicyclic) bond motifs is 1. The molecular weight excluding hydrogens is 289 g/mol. The molecule has 0 bridgehead atoms. The van der Waals surface area contributed by atoms with Gasteiger partial charge in [-0.3, -0.25) is 0 Å². The molecule has 1 aromatic rings. The number of halogens is 3. The summed E-state index contributed by atoms with van der Waals surface area (Å²) in [6, 6.07) is 8.52. The van der Waals surface area contributed by atoms with E-state index in [-0.39, 0.29) is 6.61 Å². The molecular formula is C14H15F3O4. The highest BCUT2D eigenvalue weighted by atomic mass is 19.4. The Balaban J connectivity index is 1.86. The summed E-state index contributed by atoms with van der Waals surface area (Å²) < 4.78 is 60.8. The lowest BCUT2D eigenvalue weighted by Gasteiger charge is -2.45. The Bertz CT molecular complexity index is 479. The van der Waals surface area contributed by atoms with Gasteiger partial charge in [0.25, 0.3) is 0 Å². The van der Waals surface area contributed by atoms with Gasteiger partial charge >= 0.3 is 6.18 Å². The van der Waals surface area contributed by atoms with Crippen molar-refractivity contribution in [3.8, 4) is 0 Å². The minimum atomic E-state index is -4.53. The van der Waals surface area contributed by atoms with Gasteiger partial charge < -0.3 is 18.9 Å². The minimum absolute atomic E-state index is 0.0467. The molecule has 2 aliphatic heterocycles. The fourth-order valence-electron chi connectivity index (χ4n) is 2.49. The summed E-state index contributed by atoms with van der Waals surface area (Å²) in [7, 11) is 0. The predicted octanol–water partition coefficient (Wildman–Crippen LogP) is 2.79. The van der Waals surface area contributed by atoms with Crippen LogP contribution in [0.4, 0.5) is 13.2 Å². The van der Waals surface area contributed by atoms with Crippen molar-refractivity contribution < 1.29 is 32.1 Å². The van der Waals surface area contributed by atoms with Crippen LogP contribution in [0.3, 0.4) is 0 Å². The summed E-state index contributed by atoms with van der Waals surface area (Å²) in [5, 5.41) is 0. The van der Waals surface area contributed by atoms with Gasteiger partial charge in [0.05, 0.1) is 6.61 Å². The summed E-state index contributed by atoms with van der Waals surface area (Å²) in [6.45, 7) is 1.60. The lowest BCUT2D eigenvalue weighted by Crippen LogP contribution is -2.59. The number of hydrogen-bond acceptors (Lipinski definition) is 4. The van der Waals surface area contributed by atoms with Crippen LogP contribution in [0, 0.1) is 0 Å². The number of rotatable bonds is 1. The zero-order valence-corrected chi connectivity index (χ0v) is 11.2. The van der Waals surface area contributed by atoms with Crippen molar-refractivity contribution in [3.63, 3.8) is 0 Å². The zero-order valence-electron chi connectivity index (χ0n) is 11.2. The van der Waals surface area contributed by atoms with Gasteiger partial charge in [0.1, 0.15) is 12.2 Å². The molecule has 5 atom stereocenters. The van der Waals surface area contributed by atoms with Gasteiger partial charge in [-0.2, -0.15) is 13.2 Å². The van der Waals surface area contributed by atoms with E-state index in [0.717, 1.165) is 0 Å². The fraction of sp³-hybridized carbons (Fsp3) is 0.571. The first kappa shape index (κ1) is 14.8. The average molecular weight is 304 g/mol. The van der Waals surface area contributed by atoms with E-state index < -0.39 is 37.1 Å². The van der Waals surface area contributed by atoms with Crippen molar-refractivity contribution in [2.75, 3.05) is 6.61 Å². The minimum Gasteiger partial charge on any atom is -0.350 e. The molecule has 0 N–H and O–H groups in total. The second-order valence-electron chi connectivity index (χ2n) is 5.02. The van der Waals surface area contributed by atoms with Crippen LogP contribution >= 0.6 is 0 Å². The fourth-order valence-corrected chi connectivity index (χ4v) is 2.49. The Morgan fingerprint density at radius 3 is 2.43 bits per heavy atom. The predicted molar refractivity (Wildman–Crippen MR) is 65.3 cm³/mol. The maximum atomic E-state index is 13.2. The molecule has 4 nitrogen and oxygen atoms in total. The zero-order chi connectivity index (χ0) is 15.0. The molecule has 2 saturated heterocycles. The van der Waals surface area contributed by atoms with Gasteiger partial charge in [-0.1, -0.05) is 30.3 Å². The van der Waals surface area contributed by atoms with Gasteiger partial charge in [-0.25, -0.2) is 0 Å². The van der Waals surface area contributed by atoms with Gasteiger partial charge in [0, 0.05) is 5.56 Å². The maximum absolute atomic E-state index is 13.2. The van der Waals surface area contributed by atoms with Crippen molar-refractivity contribution >= 4 is 0 Å². The molecule has 0 spiro atoms. The first-order valence-corrected chi connectivity index (χ1v) is 6.65. The van der Waals surface area contributed by atoms with E-state index in [0.29, 0.717) is 5.56 Å². The SMILES string of the molecule is C[C@@H]1OC[C@H]2OC(c3ccccc3)O[C@@H](C(F)(F)F)[C@@H]2O1. The Labute approximate surface area is 119 Å². The molecule has 3 rings (SSSR count). The van der Waals surface area contributed by atoms with Crippen LogP contribution in [0.1, 0.15) is 18.8 Å². The third-order valence-corrected chi connectivity index (χ3v) is 3.47. The highest BCUT2D eigenvalue weighted by molar-refractivity contribution is 5.17. The maximum Gasteiger partial charge on any atom is 0.417 e. The molecule has 2 heterocycles. The highest BCUT2D eigenvalue weighted by Gasteiger charge is 2.56. The summed E-state index contributed by atoms with van der Waals surface area (Å²) in [5.41, 5.74) is 0.531. The molecule has 1 unspecified atom stereocenters. The van der Waals surface area contributed by atoms with Gasteiger partial charge in [-0.05, 0) is 6.92 Å². The molecule has 2 fully saturated rings. The number of hydrogen-bond donors (Lipinski definition) is 0. The molecule has 0 aliphatic carbocycles. The molecule has 116 valence electrons. The lowest BCUT2D eigenvalue weighted by molar-refractivity contribution is -0.397. The molecule has 2 aliphatic rings. The van der Waals surface area contributed by atoms with Crippen LogP contribution in [0.15, 0.2) is 30.3 Å². The van der Waals surface area contributed by atoms with E-state index in [9.17, 15) is 13.2 Å².